The number of carbonyl (C=O) groups is 1. The third-order valence-electron chi connectivity index (χ3n) is 6.60. The molecule has 0 unspecified atom stereocenters. The SMILES string of the molecule is CCN(C)[C@H]1C[C@@H](c2ccccc2)OC2(CCN(C(=O)c3nonc3C)CC2)C1. The summed E-state index contributed by atoms with van der Waals surface area (Å²) in [6, 6.07) is 11.0. The highest BCUT2D eigenvalue weighted by Crippen LogP contribution is 2.44. The van der Waals surface area contributed by atoms with Crippen molar-refractivity contribution in [1.82, 2.24) is 20.1 Å². The topological polar surface area (TPSA) is 71.7 Å². The van der Waals surface area contributed by atoms with E-state index in [2.05, 4.69) is 53.5 Å². The third kappa shape index (κ3) is 4.07. The molecule has 0 saturated carbocycles. The van der Waals surface area contributed by atoms with Gasteiger partial charge in [-0.1, -0.05) is 42.4 Å². The van der Waals surface area contributed by atoms with Gasteiger partial charge in [-0.05, 0) is 56.9 Å². The van der Waals surface area contributed by atoms with Crippen LogP contribution in [0, 0.1) is 6.92 Å². The molecule has 2 aliphatic heterocycles. The van der Waals surface area contributed by atoms with Crippen LogP contribution in [0.3, 0.4) is 0 Å². The van der Waals surface area contributed by atoms with Gasteiger partial charge in [0, 0.05) is 19.1 Å². The molecule has 0 radical (unpaired) electrons. The number of piperidine rings is 1. The second-order valence-corrected chi connectivity index (χ2v) is 8.36. The minimum Gasteiger partial charge on any atom is -0.367 e. The van der Waals surface area contributed by atoms with Crippen LogP contribution in [0.4, 0.5) is 0 Å². The van der Waals surface area contributed by atoms with E-state index in [0.29, 0.717) is 30.5 Å². The molecule has 1 spiro atoms. The summed E-state index contributed by atoms with van der Waals surface area (Å²) in [4.78, 5) is 17.1. The van der Waals surface area contributed by atoms with Crippen molar-refractivity contribution >= 4 is 5.91 Å². The summed E-state index contributed by atoms with van der Waals surface area (Å²) in [7, 11) is 2.20. The monoisotopic (exact) mass is 398 g/mol. The summed E-state index contributed by atoms with van der Waals surface area (Å²) in [5, 5.41) is 7.51. The number of likely N-dealkylation sites (tertiary alicyclic amines) is 1. The van der Waals surface area contributed by atoms with E-state index in [-0.39, 0.29) is 17.6 Å². The average molecular weight is 399 g/mol. The number of rotatable bonds is 4. The maximum absolute atomic E-state index is 12.8. The molecule has 1 aromatic heterocycles. The van der Waals surface area contributed by atoms with Gasteiger partial charge in [0.15, 0.2) is 5.69 Å². The van der Waals surface area contributed by atoms with E-state index >= 15 is 0 Å². The number of amides is 1. The van der Waals surface area contributed by atoms with Gasteiger partial charge in [-0.15, -0.1) is 0 Å². The minimum atomic E-state index is -0.194. The van der Waals surface area contributed by atoms with Gasteiger partial charge in [0.1, 0.15) is 5.69 Å². The van der Waals surface area contributed by atoms with E-state index in [9.17, 15) is 4.79 Å². The Bertz CT molecular complexity index is 830. The van der Waals surface area contributed by atoms with Crippen LogP contribution in [0.2, 0.25) is 0 Å². The normalized spacial score (nSPS) is 24.2. The van der Waals surface area contributed by atoms with Crippen LogP contribution in [0.1, 0.15) is 60.5 Å². The zero-order valence-electron chi connectivity index (χ0n) is 17.5. The van der Waals surface area contributed by atoms with E-state index in [1.165, 1.54) is 5.56 Å². The fourth-order valence-electron chi connectivity index (χ4n) is 4.64. The molecule has 4 rings (SSSR count). The van der Waals surface area contributed by atoms with Crippen LogP contribution >= 0.6 is 0 Å². The number of hydrogen-bond acceptors (Lipinski definition) is 6. The predicted molar refractivity (Wildman–Crippen MR) is 108 cm³/mol. The summed E-state index contributed by atoms with van der Waals surface area (Å²) in [5.74, 6) is -0.101. The van der Waals surface area contributed by atoms with Gasteiger partial charge in [0.25, 0.3) is 5.91 Å². The first-order valence-electron chi connectivity index (χ1n) is 10.5. The summed E-state index contributed by atoms with van der Waals surface area (Å²) in [5.41, 5.74) is 1.90. The number of nitrogens with zero attached hydrogens (tertiary/aromatic N) is 4. The quantitative estimate of drug-likeness (QED) is 0.787. The number of ether oxygens (including phenoxy) is 1. The zero-order chi connectivity index (χ0) is 20.4. The number of carbonyl (C=O) groups excluding carboxylic acids is 1. The largest absolute Gasteiger partial charge is 0.367 e. The van der Waals surface area contributed by atoms with Crippen molar-refractivity contribution in [3.8, 4) is 0 Å². The van der Waals surface area contributed by atoms with Crippen molar-refractivity contribution < 1.29 is 14.2 Å². The Hall–Kier alpha value is -2.25. The molecule has 0 N–H and O–H groups in total. The van der Waals surface area contributed by atoms with Gasteiger partial charge in [-0.3, -0.25) is 4.79 Å². The van der Waals surface area contributed by atoms with Crippen molar-refractivity contribution in [1.29, 1.82) is 0 Å². The van der Waals surface area contributed by atoms with Gasteiger partial charge >= 0.3 is 0 Å². The van der Waals surface area contributed by atoms with E-state index < -0.39 is 0 Å². The first-order chi connectivity index (χ1) is 14.0. The molecule has 2 fully saturated rings. The first kappa shape index (κ1) is 20.0. The Morgan fingerprint density at radius 2 is 1.97 bits per heavy atom. The number of aromatic nitrogens is 2. The smallest absolute Gasteiger partial charge is 0.278 e. The van der Waals surface area contributed by atoms with Crippen molar-refractivity contribution in [3.63, 3.8) is 0 Å². The van der Waals surface area contributed by atoms with Crippen molar-refractivity contribution in [2.24, 2.45) is 0 Å². The molecule has 7 heteroatoms. The molecule has 156 valence electrons. The van der Waals surface area contributed by atoms with Gasteiger partial charge < -0.3 is 14.5 Å². The molecular formula is C22H30N4O3. The summed E-state index contributed by atoms with van der Waals surface area (Å²) in [6.07, 6.45) is 3.77. The molecule has 2 aromatic rings. The first-order valence-corrected chi connectivity index (χ1v) is 10.5. The molecule has 1 amide bonds. The molecule has 7 nitrogen and oxygen atoms in total. The maximum atomic E-state index is 12.8. The molecule has 0 bridgehead atoms. The molecular weight excluding hydrogens is 368 g/mol. The van der Waals surface area contributed by atoms with Crippen LogP contribution in [-0.4, -0.2) is 64.3 Å². The van der Waals surface area contributed by atoms with Crippen molar-refractivity contribution in [3.05, 3.63) is 47.3 Å². The Morgan fingerprint density at radius 3 is 2.59 bits per heavy atom. The number of benzene rings is 1. The van der Waals surface area contributed by atoms with Gasteiger partial charge in [-0.25, -0.2) is 4.63 Å². The molecule has 1 aromatic carbocycles. The second kappa shape index (κ2) is 8.24. The molecule has 2 saturated heterocycles. The minimum absolute atomic E-state index is 0.0909. The lowest BCUT2D eigenvalue weighted by Gasteiger charge is -2.50. The fraction of sp³-hybridized carbons (Fsp3) is 0.591. The van der Waals surface area contributed by atoms with Crippen molar-refractivity contribution in [2.75, 3.05) is 26.7 Å². The molecule has 29 heavy (non-hydrogen) atoms. The lowest BCUT2D eigenvalue weighted by molar-refractivity contribution is -0.170. The van der Waals surface area contributed by atoms with Crippen LogP contribution in [0.15, 0.2) is 35.0 Å². The van der Waals surface area contributed by atoms with E-state index in [1.807, 2.05) is 11.0 Å². The van der Waals surface area contributed by atoms with E-state index in [4.69, 9.17) is 9.37 Å². The highest BCUT2D eigenvalue weighted by atomic mass is 16.6. The van der Waals surface area contributed by atoms with Gasteiger partial charge in [0.2, 0.25) is 0 Å². The lowest BCUT2D eigenvalue weighted by Crippen LogP contribution is -2.54. The average Bonchev–Trinajstić information content (AvgIpc) is 3.19. The number of hydrogen-bond donors (Lipinski definition) is 0. The Labute approximate surface area is 172 Å². The standard InChI is InChI=1S/C22H30N4O3/c1-4-25(3)18-14-19(17-8-6-5-7-9-17)28-22(15-18)10-12-26(13-11-22)21(27)20-16(2)23-29-24-20/h5-9,18-19H,4,10-15H2,1-3H3/t18-,19-/m0/s1. The Morgan fingerprint density at radius 1 is 1.24 bits per heavy atom. The molecule has 2 aliphatic rings. The van der Waals surface area contributed by atoms with Crippen LogP contribution in [-0.2, 0) is 4.74 Å². The van der Waals surface area contributed by atoms with E-state index in [0.717, 1.165) is 32.2 Å². The van der Waals surface area contributed by atoms with Crippen LogP contribution < -0.4 is 0 Å². The lowest BCUT2D eigenvalue weighted by atomic mass is 9.79. The number of aryl methyl sites for hydroxylation is 1. The Balaban J connectivity index is 1.50. The highest BCUT2D eigenvalue weighted by Gasteiger charge is 2.45. The highest BCUT2D eigenvalue weighted by molar-refractivity contribution is 5.93. The maximum Gasteiger partial charge on any atom is 0.278 e. The van der Waals surface area contributed by atoms with Crippen LogP contribution in [0.5, 0.6) is 0 Å². The van der Waals surface area contributed by atoms with Crippen LogP contribution in [0.25, 0.3) is 0 Å². The predicted octanol–water partition coefficient (Wildman–Crippen LogP) is 3.22. The zero-order valence-corrected chi connectivity index (χ0v) is 17.5. The Kier molecular flexibility index (Phi) is 5.69. The second-order valence-electron chi connectivity index (χ2n) is 8.36. The molecule has 0 aliphatic carbocycles. The summed E-state index contributed by atoms with van der Waals surface area (Å²) < 4.78 is 11.5. The third-order valence-corrected chi connectivity index (χ3v) is 6.60. The molecule has 2 atom stereocenters. The van der Waals surface area contributed by atoms with Gasteiger partial charge in [-0.2, -0.15) is 0 Å². The van der Waals surface area contributed by atoms with Crippen molar-refractivity contribution in [2.45, 2.75) is 57.3 Å². The summed E-state index contributed by atoms with van der Waals surface area (Å²) in [6.45, 7) is 6.29. The fourth-order valence-corrected chi connectivity index (χ4v) is 4.64. The molecule has 3 heterocycles. The summed E-state index contributed by atoms with van der Waals surface area (Å²) >= 11 is 0. The van der Waals surface area contributed by atoms with E-state index in [1.54, 1.807) is 6.92 Å². The van der Waals surface area contributed by atoms with Gasteiger partial charge in [0.05, 0.1) is 11.7 Å².